The van der Waals surface area contributed by atoms with Crippen LogP contribution in [0.2, 0.25) is 0 Å². The highest BCUT2D eigenvalue weighted by Gasteiger charge is 2.43. The monoisotopic (exact) mass is 346 g/mol. The van der Waals surface area contributed by atoms with Crippen molar-refractivity contribution < 1.29 is 23.7 Å². The third kappa shape index (κ3) is 8.26. The normalized spacial score (nSPS) is 18.8. The average molecular weight is 347 g/mol. The van der Waals surface area contributed by atoms with Gasteiger partial charge in [-0.25, -0.2) is 0 Å². The van der Waals surface area contributed by atoms with Crippen LogP contribution in [-0.2, 0) is 23.7 Å². The predicted molar refractivity (Wildman–Crippen MR) is 95.1 cm³/mol. The van der Waals surface area contributed by atoms with Crippen LogP contribution in [0, 0.1) is 0 Å². The molecule has 0 N–H and O–H groups in total. The van der Waals surface area contributed by atoms with Crippen molar-refractivity contribution in [1.82, 2.24) is 0 Å². The van der Waals surface area contributed by atoms with E-state index in [1.54, 1.807) is 0 Å². The Bertz CT molecular complexity index is 276. The van der Waals surface area contributed by atoms with Crippen molar-refractivity contribution in [2.75, 3.05) is 33.0 Å². The Morgan fingerprint density at radius 3 is 1.92 bits per heavy atom. The van der Waals surface area contributed by atoms with Crippen LogP contribution < -0.4 is 0 Å². The van der Waals surface area contributed by atoms with Gasteiger partial charge < -0.3 is 23.7 Å². The Hall–Kier alpha value is -0.200. The minimum atomic E-state index is -1.10. The van der Waals surface area contributed by atoms with Gasteiger partial charge in [0.1, 0.15) is 12.2 Å². The Morgan fingerprint density at radius 2 is 1.42 bits per heavy atom. The van der Waals surface area contributed by atoms with E-state index in [4.69, 9.17) is 23.7 Å². The summed E-state index contributed by atoms with van der Waals surface area (Å²) in [6.07, 6.45) is 8.35. The minimum Gasteiger partial charge on any atom is -0.371 e. The molecule has 1 aliphatic rings. The second-order valence-electron chi connectivity index (χ2n) is 6.24. The number of rotatable bonds is 17. The molecule has 0 bridgehead atoms. The molecule has 0 saturated carbocycles. The number of unbranched alkanes of at least 4 members (excludes halogenated alkanes) is 5. The van der Waals surface area contributed by atoms with Crippen molar-refractivity contribution in [3.05, 3.63) is 0 Å². The van der Waals surface area contributed by atoms with E-state index < -0.39 is 5.97 Å². The lowest BCUT2D eigenvalue weighted by atomic mass is 10.1. The molecule has 2 atom stereocenters. The summed E-state index contributed by atoms with van der Waals surface area (Å²) < 4.78 is 29.1. The lowest BCUT2D eigenvalue weighted by Gasteiger charge is -2.38. The van der Waals surface area contributed by atoms with Crippen LogP contribution in [0.25, 0.3) is 0 Å². The van der Waals surface area contributed by atoms with Crippen LogP contribution in [0.3, 0.4) is 0 Å². The van der Waals surface area contributed by atoms with E-state index in [-0.39, 0.29) is 12.2 Å². The molecule has 0 radical (unpaired) electrons. The second kappa shape index (κ2) is 13.1. The molecule has 1 heterocycles. The molecule has 0 amide bonds. The zero-order valence-corrected chi connectivity index (χ0v) is 16.2. The number of ether oxygens (including phenoxy) is 5. The molecule has 0 aliphatic carbocycles. The highest BCUT2D eigenvalue weighted by atomic mass is 16.9. The van der Waals surface area contributed by atoms with E-state index in [0.717, 1.165) is 19.4 Å². The summed E-state index contributed by atoms with van der Waals surface area (Å²) >= 11 is 0. The van der Waals surface area contributed by atoms with Crippen molar-refractivity contribution in [2.24, 2.45) is 0 Å². The second-order valence-corrected chi connectivity index (χ2v) is 6.24. The van der Waals surface area contributed by atoms with Gasteiger partial charge in [0, 0.05) is 19.8 Å². The molecular weight excluding hydrogens is 308 g/mol. The van der Waals surface area contributed by atoms with Crippen molar-refractivity contribution in [1.29, 1.82) is 0 Å². The molecule has 1 aliphatic heterocycles. The van der Waals surface area contributed by atoms with Gasteiger partial charge in [0.05, 0.1) is 13.2 Å². The number of hydrogen-bond acceptors (Lipinski definition) is 5. The van der Waals surface area contributed by atoms with E-state index in [0.29, 0.717) is 26.4 Å². The van der Waals surface area contributed by atoms with Gasteiger partial charge >= 0.3 is 5.97 Å². The maximum Gasteiger partial charge on any atom is 0.310 e. The fourth-order valence-corrected chi connectivity index (χ4v) is 2.87. The molecule has 0 aromatic rings. The molecule has 5 heteroatoms. The summed E-state index contributed by atoms with van der Waals surface area (Å²) in [7, 11) is 0. The highest BCUT2D eigenvalue weighted by molar-refractivity contribution is 4.76. The van der Waals surface area contributed by atoms with Crippen LogP contribution in [0.1, 0.15) is 72.6 Å². The number of epoxide rings is 1. The van der Waals surface area contributed by atoms with Crippen LogP contribution in [0.4, 0.5) is 0 Å². The Kier molecular flexibility index (Phi) is 11.9. The Balaban J connectivity index is 2.59. The molecule has 144 valence electrons. The van der Waals surface area contributed by atoms with Crippen molar-refractivity contribution in [2.45, 2.75) is 90.8 Å². The van der Waals surface area contributed by atoms with E-state index in [1.807, 2.05) is 20.8 Å². The van der Waals surface area contributed by atoms with Gasteiger partial charge in [0.2, 0.25) is 0 Å². The standard InChI is InChI=1S/C19H38O5/c1-5-9-10-11-12-13-14-18(21-16-17-15-20-17)19(22-6-2,23-7-3)24-8-4/h17-18H,5-16H2,1-4H3/t17?,18-/m1/s1. The lowest BCUT2D eigenvalue weighted by Crippen LogP contribution is -2.51. The van der Waals surface area contributed by atoms with Gasteiger partial charge in [0.15, 0.2) is 0 Å². The first kappa shape index (κ1) is 21.8. The SMILES string of the molecule is CCCCCCCC[C@@H](OCC1CO1)C(OCC)(OCC)OCC. The minimum absolute atomic E-state index is 0.222. The van der Waals surface area contributed by atoms with E-state index in [1.165, 1.54) is 32.1 Å². The quantitative estimate of drug-likeness (QED) is 0.223. The van der Waals surface area contributed by atoms with Crippen LogP contribution in [0.15, 0.2) is 0 Å². The summed E-state index contributed by atoms with van der Waals surface area (Å²) in [4.78, 5) is 0. The van der Waals surface area contributed by atoms with E-state index >= 15 is 0 Å². The first-order valence-corrected chi connectivity index (χ1v) is 9.87. The van der Waals surface area contributed by atoms with Crippen LogP contribution in [-0.4, -0.2) is 51.2 Å². The Labute approximate surface area is 148 Å². The molecule has 1 rings (SSSR count). The molecule has 1 fully saturated rings. The third-order valence-corrected chi connectivity index (χ3v) is 4.14. The van der Waals surface area contributed by atoms with Crippen LogP contribution in [0.5, 0.6) is 0 Å². The van der Waals surface area contributed by atoms with Crippen molar-refractivity contribution in [3.63, 3.8) is 0 Å². The molecule has 0 aromatic carbocycles. The van der Waals surface area contributed by atoms with Crippen molar-refractivity contribution in [3.8, 4) is 0 Å². The van der Waals surface area contributed by atoms with Gasteiger partial charge in [-0.15, -0.1) is 0 Å². The zero-order chi connectivity index (χ0) is 17.7. The largest absolute Gasteiger partial charge is 0.371 e. The molecule has 1 unspecified atom stereocenters. The summed E-state index contributed by atoms with van der Waals surface area (Å²) in [5, 5.41) is 0. The number of hydrogen-bond donors (Lipinski definition) is 0. The highest BCUT2D eigenvalue weighted by Crippen LogP contribution is 2.28. The van der Waals surface area contributed by atoms with Gasteiger partial charge in [0.25, 0.3) is 0 Å². The molecule has 24 heavy (non-hydrogen) atoms. The first-order chi connectivity index (χ1) is 11.7. The fraction of sp³-hybridized carbons (Fsp3) is 1.00. The average Bonchev–Trinajstić information content (AvgIpc) is 3.38. The molecular formula is C19H38O5. The summed E-state index contributed by atoms with van der Waals surface area (Å²) in [6.45, 7) is 11.0. The van der Waals surface area contributed by atoms with Gasteiger partial charge in [-0.2, -0.15) is 0 Å². The summed E-state index contributed by atoms with van der Waals surface area (Å²) in [5.41, 5.74) is 0. The maximum atomic E-state index is 6.12. The van der Waals surface area contributed by atoms with E-state index in [2.05, 4.69) is 6.92 Å². The third-order valence-electron chi connectivity index (χ3n) is 4.14. The summed E-state index contributed by atoms with van der Waals surface area (Å²) in [6, 6.07) is 0. The van der Waals surface area contributed by atoms with Crippen LogP contribution >= 0.6 is 0 Å². The zero-order valence-electron chi connectivity index (χ0n) is 16.2. The van der Waals surface area contributed by atoms with Gasteiger partial charge in [-0.1, -0.05) is 45.4 Å². The Morgan fingerprint density at radius 1 is 0.875 bits per heavy atom. The van der Waals surface area contributed by atoms with E-state index in [9.17, 15) is 0 Å². The maximum absolute atomic E-state index is 6.12. The summed E-state index contributed by atoms with van der Waals surface area (Å²) in [5.74, 6) is -1.10. The van der Waals surface area contributed by atoms with Gasteiger partial charge in [-0.3, -0.25) is 0 Å². The lowest BCUT2D eigenvalue weighted by molar-refractivity contribution is -0.415. The molecule has 0 spiro atoms. The predicted octanol–water partition coefficient (Wildman–Crippen LogP) is 4.28. The molecule has 0 aromatic heterocycles. The van der Waals surface area contributed by atoms with Crippen molar-refractivity contribution >= 4 is 0 Å². The fourth-order valence-electron chi connectivity index (χ4n) is 2.87. The molecule has 1 saturated heterocycles. The molecule has 5 nitrogen and oxygen atoms in total. The van der Waals surface area contributed by atoms with Gasteiger partial charge in [-0.05, 0) is 27.2 Å². The topological polar surface area (TPSA) is 49.5 Å². The first-order valence-electron chi connectivity index (χ1n) is 9.87. The smallest absolute Gasteiger partial charge is 0.310 e.